The van der Waals surface area contributed by atoms with Crippen LogP contribution >= 0.6 is 11.6 Å². The molecule has 4 rings (SSSR count). The van der Waals surface area contributed by atoms with Crippen molar-refractivity contribution in [1.29, 1.82) is 0 Å². The fourth-order valence-corrected chi connectivity index (χ4v) is 7.12. The van der Waals surface area contributed by atoms with Crippen LogP contribution in [0.15, 0.2) is 95.9 Å². The monoisotopic (exact) mass is 705 g/mol. The Bertz CT molecular complexity index is 1850. The fourth-order valence-electron chi connectivity index (χ4n) is 5.51. The maximum Gasteiger partial charge on any atom is 0.264 e. The highest BCUT2D eigenvalue weighted by Crippen LogP contribution is 2.33. The lowest BCUT2D eigenvalue weighted by atomic mass is 10.0. The van der Waals surface area contributed by atoms with Crippen molar-refractivity contribution in [3.8, 4) is 11.5 Å². The zero-order chi connectivity index (χ0) is 35.7. The Morgan fingerprint density at radius 3 is 2.08 bits per heavy atom. The Kier molecular flexibility index (Phi) is 12.7. The van der Waals surface area contributed by atoms with Gasteiger partial charge in [0.25, 0.3) is 10.0 Å². The molecular formula is C38H44ClN3O6S. The van der Waals surface area contributed by atoms with Crippen LogP contribution in [-0.4, -0.2) is 58.5 Å². The number of halogens is 1. The van der Waals surface area contributed by atoms with E-state index in [2.05, 4.69) is 5.32 Å². The second-order valence-corrected chi connectivity index (χ2v) is 14.6. The molecule has 0 aliphatic heterocycles. The van der Waals surface area contributed by atoms with Crippen LogP contribution in [0.3, 0.4) is 0 Å². The lowest BCUT2D eigenvalue weighted by Crippen LogP contribution is -2.53. The third-order valence-electron chi connectivity index (χ3n) is 7.97. The Labute approximate surface area is 294 Å². The standard InChI is InChI=1S/C38H44ClN3O6S/c1-26(2)23-40-38(44)34(21-29-12-8-7-9-13-29)41(24-30-14-10-11-15-33(30)39)37(43)25-42(31-19-27(3)18-28(4)20-31)49(45,46)32-16-17-35(47-5)36(22-32)48-6/h7-20,22,26,34H,21,23-25H2,1-6H3,(H,40,44)/t34-/m1/s1. The van der Waals surface area contributed by atoms with Crippen LogP contribution in [-0.2, 0) is 32.6 Å². The first-order valence-electron chi connectivity index (χ1n) is 16.0. The molecule has 0 saturated heterocycles. The highest BCUT2D eigenvalue weighted by atomic mass is 35.5. The number of rotatable bonds is 15. The average Bonchev–Trinajstić information content (AvgIpc) is 3.07. The minimum absolute atomic E-state index is 0.0256. The van der Waals surface area contributed by atoms with Gasteiger partial charge in [-0.25, -0.2) is 8.42 Å². The van der Waals surface area contributed by atoms with Gasteiger partial charge in [0.1, 0.15) is 12.6 Å². The van der Waals surface area contributed by atoms with Gasteiger partial charge in [-0.2, -0.15) is 0 Å². The molecule has 0 aliphatic carbocycles. The fraction of sp³-hybridized carbons (Fsp3) is 0.316. The predicted octanol–water partition coefficient (Wildman–Crippen LogP) is 6.58. The molecular weight excluding hydrogens is 662 g/mol. The molecule has 4 aromatic rings. The van der Waals surface area contributed by atoms with Crippen molar-refractivity contribution >= 4 is 39.1 Å². The van der Waals surface area contributed by atoms with E-state index < -0.39 is 28.5 Å². The highest BCUT2D eigenvalue weighted by molar-refractivity contribution is 7.92. The van der Waals surface area contributed by atoms with E-state index in [1.54, 1.807) is 36.4 Å². The maximum atomic E-state index is 14.7. The van der Waals surface area contributed by atoms with Crippen LogP contribution in [0.25, 0.3) is 0 Å². The molecule has 1 atom stereocenters. The molecule has 0 radical (unpaired) electrons. The summed E-state index contributed by atoms with van der Waals surface area (Å²) in [5.74, 6) is -0.180. The van der Waals surface area contributed by atoms with Crippen molar-refractivity contribution in [1.82, 2.24) is 10.2 Å². The van der Waals surface area contributed by atoms with Crippen molar-refractivity contribution in [2.24, 2.45) is 5.92 Å². The topological polar surface area (TPSA) is 105 Å². The third-order valence-corrected chi connectivity index (χ3v) is 10.1. The molecule has 0 spiro atoms. The van der Waals surface area contributed by atoms with Crippen LogP contribution in [0.4, 0.5) is 5.69 Å². The van der Waals surface area contributed by atoms with Crippen molar-refractivity contribution < 1.29 is 27.5 Å². The van der Waals surface area contributed by atoms with Gasteiger partial charge in [-0.15, -0.1) is 0 Å². The van der Waals surface area contributed by atoms with Crippen LogP contribution in [0.2, 0.25) is 5.02 Å². The van der Waals surface area contributed by atoms with Crippen LogP contribution in [0.1, 0.15) is 36.1 Å². The SMILES string of the molecule is COc1ccc(S(=O)(=O)N(CC(=O)N(Cc2ccccc2Cl)[C@H](Cc2ccccc2)C(=O)NCC(C)C)c2cc(C)cc(C)c2)cc1OC. The van der Waals surface area contributed by atoms with E-state index in [9.17, 15) is 18.0 Å². The second-order valence-electron chi connectivity index (χ2n) is 12.3. The molecule has 0 saturated carbocycles. The predicted molar refractivity (Wildman–Crippen MR) is 194 cm³/mol. The smallest absolute Gasteiger partial charge is 0.264 e. The number of carbonyl (C=O) groups is 2. The number of nitrogens with zero attached hydrogens (tertiary/aromatic N) is 2. The molecule has 0 unspecified atom stereocenters. The quantitative estimate of drug-likeness (QED) is 0.150. The molecule has 260 valence electrons. The number of methoxy groups -OCH3 is 2. The molecule has 0 aliphatic rings. The Morgan fingerprint density at radius 1 is 0.837 bits per heavy atom. The first-order chi connectivity index (χ1) is 23.3. The van der Waals surface area contributed by atoms with Gasteiger partial charge in [0.15, 0.2) is 11.5 Å². The number of sulfonamides is 1. The number of aryl methyl sites for hydroxylation is 2. The van der Waals surface area contributed by atoms with Gasteiger partial charge in [0, 0.05) is 30.6 Å². The summed E-state index contributed by atoms with van der Waals surface area (Å²) in [6, 6.07) is 25.2. The van der Waals surface area contributed by atoms with Crippen LogP contribution in [0.5, 0.6) is 11.5 Å². The summed E-state index contributed by atoms with van der Waals surface area (Å²) >= 11 is 6.60. The summed E-state index contributed by atoms with van der Waals surface area (Å²) in [6.45, 7) is 7.48. The van der Waals surface area contributed by atoms with Gasteiger partial charge in [-0.05, 0) is 72.4 Å². The Balaban J connectivity index is 1.86. The average molecular weight is 706 g/mol. The van der Waals surface area contributed by atoms with Gasteiger partial charge in [-0.3, -0.25) is 13.9 Å². The third kappa shape index (κ3) is 9.55. The first kappa shape index (κ1) is 37.3. The van der Waals surface area contributed by atoms with E-state index >= 15 is 0 Å². The van der Waals surface area contributed by atoms with E-state index in [-0.39, 0.29) is 35.4 Å². The summed E-state index contributed by atoms with van der Waals surface area (Å²) in [5, 5.41) is 3.42. The summed E-state index contributed by atoms with van der Waals surface area (Å²) in [4.78, 5) is 30.1. The van der Waals surface area contributed by atoms with Gasteiger partial charge >= 0.3 is 0 Å². The number of amides is 2. The van der Waals surface area contributed by atoms with E-state index in [0.717, 1.165) is 21.0 Å². The molecule has 1 N–H and O–H groups in total. The molecule has 2 amide bonds. The Hall–Kier alpha value is -4.54. The largest absolute Gasteiger partial charge is 0.493 e. The molecule has 0 aromatic heterocycles. The first-order valence-corrected chi connectivity index (χ1v) is 17.8. The molecule has 4 aromatic carbocycles. The van der Waals surface area contributed by atoms with Crippen molar-refractivity contribution in [3.63, 3.8) is 0 Å². The zero-order valence-electron chi connectivity index (χ0n) is 28.8. The number of hydrogen-bond donors (Lipinski definition) is 1. The van der Waals surface area contributed by atoms with Gasteiger partial charge in [0.2, 0.25) is 11.8 Å². The maximum absolute atomic E-state index is 14.7. The van der Waals surface area contributed by atoms with Crippen molar-refractivity contribution in [2.75, 3.05) is 31.6 Å². The number of anilines is 1. The summed E-state index contributed by atoms with van der Waals surface area (Å²) < 4.78 is 40.9. The summed E-state index contributed by atoms with van der Waals surface area (Å²) in [6.07, 6.45) is 0.201. The molecule has 0 bridgehead atoms. The van der Waals surface area contributed by atoms with Gasteiger partial charge in [0.05, 0.1) is 24.8 Å². The lowest BCUT2D eigenvalue weighted by Gasteiger charge is -2.34. The van der Waals surface area contributed by atoms with Gasteiger partial charge in [-0.1, -0.05) is 80.0 Å². The molecule has 0 fully saturated rings. The lowest BCUT2D eigenvalue weighted by molar-refractivity contribution is -0.140. The van der Waals surface area contributed by atoms with Crippen molar-refractivity contribution in [2.45, 2.75) is 51.6 Å². The number of carbonyl (C=O) groups excluding carboxylic acids is 2. The highest BCUT2D eigenvalue weighted by Gasteiger charge is 2.35. The molecule has 9 nitrogen and oxygen atoms in total. The van der Waals surface area contributed by atoms with E-state index in [0.29, 0.717) is 28.6 Å². The molecule has 0 heterocycles. The summed E-state index contributed by atoms with van der Waals surface area (Å²) in [5.41, 5.74) is 3.40. The van der Waals surface area contributed by atoms with E-state index in [1.165, 1.54) is 37.3 Å². The minimum atomic E-state index is -4.36. The number of ether oxygens (including phenoxy) is 2. The number of hydrogen-bond acceptors (Lipinski definition) is 6. The normalized spacial score (nSPS) is 11.9. The number of benzene rings is 4. The Morgan fingerprint density at radius 2 is 1.47 bits per heavy atom. The van der Waals surface area contributed by atoms with Crippen molar-refractivity contribution in [3.05, 3.63) is 118 Å². The molecule has 49 heavy (non-hydrogen) atoms. The van der Waals surface area contributed by atoms with E-state index in [4.69, 9.17) is 21.1 Å². The second kappa shape index (κ2) is 16.7. The zero-order valence-corrected chi connectivity index (χ0v) is 30.3. The van der Waals surface area contributed by atoms with Gasteiger partial charge < -0.3 is 19.7 Å². The molecule has 11 heteroatoms. The van der Waals surface area contributed by atoms with Crippen LogP contribution in [0, 0.1) is 19.8 Å². The van der Waals surface area contributed by atoms with E-state index in [1.807, 2.05) is 64.1 Å². The number of nitrogens with one attached hydrogen (secondary N) is 1. The summed E-state index contributed by atoms with van der Waals surface area (Å²) in [7, 11) is -1.48. The minimum Gasteiger partial charge on any atom is -0.493 e. The van der Waals surface area contributed by atoms with Crippen LogP contribution < -0.4 is 19.1 Å².